The van der Waals surface area contributed by atoms with Gasteiger partial charge in [-0.3, -0.25) is 9.78 Å². The van der Waals surface area contributed by atoms with Crippen LogP contribution in [0.2, 0.25) is 0 Å². The molecule has 0 aliphatic heterocycles. The number of nitrogens with zero attached hydrogens (tertiary/aromatic N) is 1. The number of carbonyl (C=O) groups is 1. The highest BCUT2D eigenvalue weighted by Crippen LogP contribution is 2.30. The minimum atomic E-state index is -2.66. The van der Waals surface area contributed by atoms with Gasteiger partial charge < -0.3 is 4.74 Å². The highest BCUT2D eigenvalue weighted by atomic mass is 79.9. The van der Waals surface area contributed by atoms with Crippen LogP contribution < -0.4 is 0 Å². The minimum Gasteiger partial charge on any atom is -0.469 e. The van der Waals surface area contributed by atoms with Crippen molar-refractivity contribution in [2.45, 2.75) is 18.7 Å². The molecule has 0 saturated carbocycles. The minimum absolute atomic E-state index is 0.00116. The first-order valence-corrected chi connectivity index (χ1v) is 5.91. The van der Waals surface area contributed by atoms with Gasteiger partial charge in [-0.2, -0.15) is 0 Å². The molecule has 0 aromatic carbocycles. The largest absolute Gasteiger partial charge is 0.469 e. The summed E-state index contributed by atoms with van der Waals surface area (Å²) < 4.78 is 30.0. The van der Waals surface area contributed by atoms with Gasteiger partial charge >= 0.3 is 5.97 Å². The molecule has 0 unspecified atom stereocenters. The topological polar surface area (TPSA) is 39.2 Å². The molecule has 3 nitrogen and oxygen atoms in total. The predicted molar refractivity (Wildman–Crippen MR) is 62.2 cm³/mol. The van der Waals surface area contributed by atoms with Crippen LogP contribution in [-0.4, -0.2) is 18.1 Å². The lowest BCUT2D eigenvalue weighted by atomic mass is 10.1. The number of rotatable bonds is 4. The van der Waals surface area contributed by atoms with E-state index in [1.807, 2.05) is 0 Å². The first kappa shape index (κ1) is 14.3. The lowest BCUT2D eigenvalue weighted by Crippen LogP contribution is -2.09. The number of pyridine rings is 1. The average molecular weight is 329 g/mol. The SMILES string of the molecule is COC(=O)Cc1nc(CCl)cc(C(F)F)c1Br. The molecule has 0 aliphatic rings. The Morgan fingerprint density at radius 1 is 1.65 bits per heavy atom. The van der Waals surface area contributed by atoms with Crippen molar-refractivity contribution in [2.24, 2.45) is 0 Å². The van der Waals surface area contributed by atoms with Gasteiger partial charge in [0.2, 0.25) is 0 Å². The normalized spacial score (nSPS) is 10.7. The first-order chi connectivity index (χ1) is 7.99. The Morgan fingerprint density at radius 2 is 2.29 bits per heavy atom. The molecule has 1 aromatic heterocycles. The van der Waals surface area contributed by atoms with E-state index in [9.17, 15) is 13.6 Å². The van der Waals surface area contributed by atoms with Gasteiger partial charge in [0, 0.05) is 10.0 Å². The van der Waals surface area contributed by atoms with Crippen molar-refractivity contribution in [3.8, 4) is 0 Å². The molecule has 1 aromatic rings. The summed E-state index contributed by atoms with van der Waals surface area (Å²) in [7, 11) is 1.22. The number of halogens is 4. The van der Waals surface area contributed by atoms with Crippen molar-refractivity contribution in [1.29, 1.82) is 0 Å². The maximum Gasteiger partial charge on any atom is 0.311 e. The number of hydrogen-bond donors (Lipinski definition) is 0. The van der Waals surface area contributed by atoms with Crippen LogP contribution in [0.4, 0.5) is 8.78 Å². The van der Waals surface area contributed by atoms with Crippen molar-refractivity contribution in [2.75, 3.05) is 7.11 Å². The molecular weight excluding hydrogens is 319 g/mol. The van der Waals surface area contributed by atoms with Crippen molar-refractivity contribution < 1.29 is 18.3 Å². The summed E-state index contributed by atoms with van der Waals surface area (Å²) >= 11 is 8.57. The number of carbonyl (C=O) groups excluding carboxylic acids is 1. The molecule has 0 aliphatic carbocycles. The van der Waals surface area contributed by atoms with E-state index < -0.39 is 12.4 Å². The van der Waals surface area contributed by atoms with Crippen LogP contribution in [0.3, 0.4) is 0 Å². The Bertz CT molecular complexity index is 429. The monoisotopic (exact) mass is 327 g/mol. The van der Waals surface area contributed by atoms with Crippen molar-refractivity contribution in [3.05, 3.63) is 27.5 Å². The van der Waals surface area contributed by atoms with Crippen molar-refractivity contribution in [3.63, 3.8) is 0 Å². The van der Waals surface area contributed by atoms with Crippen LogP contribution in [0.15, 0.2) is 10.5 Å². The van der Waals surface area contributed by atoms with E-state index in [4.69, 9.17) is 11.6 Å². The van der Waals surface area contributed by atoms with E-state index in [0.717, 1.165) is 0 Å². The fraction of sp³-hybridized carbons (Fsp3) is 0.400. The lowest BCUT2D eigenvalue weighted by molar-refractivity contribution is -0.139. The number of esters is 1. The van der Waals surface area contributed by atoms with Gasteiger partial charge in [-0.1, -0.05) is 0 Å². The molecule has 0 bridgehead atoms. The van der Waals surface area contributed by atoms with Crippen LogP contribution in [0.1, 0.15) is 23.4 Å². The van der Waals surface area contributed by atoms with Gasteiger partial charge in [0.05, 0.1) is 30.8 Å². The van der Waals surface area contributed by atoms with E-state index in [2.05, 4.69) is 25.7 Å². The maximum absolute atomic E-state index is 12.7. The van der Waals surface area contributed by atoms with E-state index in [-0.39, 0.29) is 28.0 Å². The molecule has 0 amide bonds. The molecule has 0 atom stereocenters. The van der Waals surface area contributed by atoms with E-state index in [0.29, 0.717) is 5.69 Å². The van der Waals surface area contributed by atoms with Gasteiger partial charge in [-0.25, -0.2) is 8.78 Å². The third-order valence-corrected chi connectivity index (χ3v) is 3.21. The Labute approximate surface area is 110 Å². The van der Waals surface area contributed by atoms with Gasteiger partial charge in [0.15, 0.2) is 0 Å². The van der Waals surface area contributed by atoms with E-state index in [1.165, 1.54) is 13.2 Å². The second-order valence-corrected chi connectivity index (χ2v) is 4.21. The van der Waals surface area contributed by atoms with Crippen LogP contribution in [-0.2, 0) is 21.8 Å². The fourth-order valence-corrected chi connectivity index (χ4v) is 1.87. The lowest BCUT2D eigenvalue weighted by Gasteiger charge is -2.10. The summed E-state index contributed by atoms with van der Waals surface area (Å²) in [5.74, 6) is -0.550. The van der Waals surface area contributed by atoms with Crippen LogP contribution in [0.25, 0.3) is 0 Å². The molecule has 17 heavy (non-hydrogen) atoms. The fourth-order valence-electron chi connectivity index (χ4n) is 1.22. The smallest absolute Gasteiger partial charge is 0.311 e. The highest BCUT2D eigenvalue weighted by molar-refractivity contribution is 9.10. The molecule has 7 heteroatoms. The quantitative estimate of drug-likeness (QED) is 0.629. The number of methoxy groups -OCH3 is 1. The zero-order valence-corrected chi connectivity index (χ0v) is 11.2. The van der Waals surface area contributed by atoms with Gasteiger partial charge in [0.1, 0.15) is 0 Å². The summed E-state index contributed by atoms with van der Waals surface area (Å²) in [6.07, 6.45) is -2.84. The van der Waals surface area contributed by atoms with Gasteiger partial charge in [-0.15, -0.1) is 11.6 Å². The molecule has 1 heterocycles. The molecule has 0 N–H and O–H groups in total. The Kier molecular flexibility index (Phi) is 5.27. The summed E-state index contributed by atoms with van der Waals surface area (Å²) in [5, 5.41) is 0. The number of ether oxygens (including phenoxy) is 1. The van der Waals surface area contributed by atoms with Gasteiger partial charge in [0.25, 0.3) is 6.43 Å². The zero-order valence-electron chi connectivity index (χ0n) is 8.84. The highest BCUT2D eigenvalue weighted by Gasteiger charge is 2.19. The number of alkyl halides is 3. The number of hydrogen-bond acceptors (Lipinski definition) is 3. The average Bonchev–Trinajstić information content (AvgIpc) is 2.31. The Balaban J connectivity index is 3.19. The summed E-state index contributed by atoms with van der Waals surface area (Å²) in [6.45, 7) is 0. The molecule has 0 fully saturated rings. The zero-order chi connectivity index (χ0) is 13.0. The first-order valence-electron chi connectivity index (χ1n) is 4.58. The second-order valence-electron chi connectivity index (χ2n) is 3.15. The molecule has 94 valence electrons. The summed E-state index contributed by atoms with van der Waals surface area (Å²) in [5.41, 5.74) is 0.268. The van der Waals surface area contributed by atoms with Crippen LogP contribution >= 0.6 is 27.5 Å². The van der Waals surface area contributed by atoms with Crippen LogP contribution in [0.5, 0.6) is 0 Å². The van der Waals surface area contributed by atoms with E-state index in [1.54, 1.807) is 0 Å². The van der Waals surface area contributed by atoms with Crippen molar-refractivity contribution in [1.82, 2.24) is 4.98 Å². The molecule has 0 spiro atoms. The maximum atomic E-state index is 12.7. The molecule has 1 rings (SSSR count). The summed E-state index contributed by atoms with van der Waals surface area (Å²) in [6, 6.07) is 1.21. The van der Waals surface area contributed by atoms with Crippen LogP contribution in [0, 0.1) is 0 Å². The third kappa shape index (κ3) is 3.61. The molecule has 0 radical (unpaired) electrons. The third-order valence-electron chi connectivity index (χ3n) is 2.02. The van der Waals surface area contributed by atoms with Crippen molar-refractivity contribution >= 4 is 33.5 Å². The molecule has 0 saturated heterocycles. The summed E-state index contributed by atoms with van der Waals surface area (Å²) in [4.78, 5) is 15.1. The standard InChI is InChI=1S/C10H9BrClF2NO2/c1-17-8(16)3-7-9(11)6(10(13)14)2-5(4-12)15-7/h2,10H,3-4H2,1H3. The predicted octanol–water partition coefficient (Wildman–Crippen LogP) is 3.24. The number of aromatic nitrogens is 1. The second kappa shape index (κ2) is 6.26. The Hall–Kier alpha value is -0.750. The van der Waals surface area contributed by atoms with Gasteiger partial charge in [-0.05, 0) is 22.0 Å². The molecular formula is C10H9BrClF2NO2. The van der Waals surface area contributed by atoms with E-state index >= 15 is 0 Å². The Morgan fingerprint density at radius 3 is 2.76 bits per heavy atom.